The zero-order valence-electron chi connectivity index (χ0n) is 21.3. The predicted octanol–water partition coefficient (Wildman–Crippen LogP) is 7.40. The molecule has 4 saturated carbocycles. The summed E-state index contributed by atoms with van der Waals surface area (Å²) in [6, 6.07) is 11.4. The van der Waals surface area contributed by atoms with Crippen molar-refractivity contribution in [3.63, 3.8) is 0 Å². The van der Waals surface area contributed by atoms with Gasteiger partial charge in [-0.3, -0.25) is 14.5 Å². The van der Waals surface area contributed by atoms with E-state index >= 15 is 0 Å². The lowest BCUT2D eigenvalue weighted by atomic mass is 9.48. The van der Waals surface area contributed by atoms with Gasteiger partial charge in [-0.2, -0.15) is 0 Å². The number of nitrogens with zero attached hydrogens (tertiary/aromatic N) is 2. The molecule has 0 radical (unpaired) electrons. The molecule has 0 N–H and O–H groups in total. The number of benzene rings is 1. The van der Waals surface area contributed by atoms with Crippen molar-refractivity contribution in [3.8, 4) is 5.69 Å². The summed E-state index contributed by atoms with van der Waals surface area (Å²) in [4.78, 5) is 27.3. The number of aryl methyl sites for hydroxylation is 1. The highest BCUT2D eigenvalue weighted by Crippen LogP contribution is 2.60. The summed E-state index contributed by atoms with van der Waals surface area (Å²) in [6.45, 7) is 8.14. The zero-order chi connectivity index (χ0) is 24.5. The van der Waals surface area contributed by atoms with Crippen molar-refractivity contribution in [3.05, 3.63) is 57.8 Å². The SMILES string of the molecule is CC[C@@H](C)N1C(=O)S/C(=C/c2cc(C)n(-c3ccc(C45CC6CC(CC(C6)C4)C5)cc3)c2C)C1=O. The topological polar surface area (TPSA) is 42.3 Å². The van der Waals surface area contributed by atoms with Gasteiger partial charge >= 0.3 is 0 Å². The molecule has 2 amide bonds. The Morgan fingerprint density at radius 3 is 2.20 bits per heavy atom. The van der Waals surface area contributed by atoms with Gasteiger partial charge < -0.3 is 4.57 Å². The van der Waals surface area contributed by atoms with Gasteiger partial charge in [-0.05, 0) is 136 Å². The Bertz CT molecular complexity index is 1190. The van der Waals surface area contributed by atoms with Gasteiger partial charge in [0, 0.05) is 23.1 Å². The third-order valence-electron chi connectivity index (χ3n) is 9.39. The molecule has 5 fully saturated rings. The van der Waals surface area contributed by atoms with E-state index < -0.39 is 0 Å². The number of imide groups is 1. The number of rotatable bonds is 5. The van der Waals surface area contributed by atoms with Crippen LogP contribution in [0.2, 0.25) is 0 Å². The van der Waals surface area contributed by atoms with Gasteiger partial charge in [0.15, 0.2) is 0 Å². The third-order valence-corrected chi connectivity index (χ3v) is 10.3. The van der Waals surface area contributed by atoms with E-state index in [1.165, 1.54) is 49.1 Å². The predicted molar refractivity (Wildman–Crippen MR) is 143 cm³/mol. The van der Waals surface area contributed by atoms with Crippen LogP contribution in [0.1, 0.15) is 81.3 Å². The lowest BCUT2D eigenvalue weighted by Crippen LogP contribution is -2.48. The summed E-state index contributed by atoms with van der Waals surface area (Å²) in [5, 5.41) is -0.162. The molecule has 4 aliphatic carbocycles. The van der Waals surface area contributed by atoms with Crippen molar-refractivity contribution in [2.45, 2.75) is 84.1 Å². The van der Waals surface area contributed by atoms with Gasteiger partial charge in [0.2, 0.25) is 0 Å². The minimum absolute atomic E-state index is 0.0756. The molecule has 4 nitrogen and oxygen atoms in total. The van der Waals surface area contributed by atoms with Crippen LogP contribution in [-0.4, -0.2) is 26.7 Å². The van der Waals surface area contributed by atoms with Crippen molar-refractivity contribution in [1.29, 1.82) is 0 Å². The van der Waals surface area contributed by atoms with E-state index in [0.717, 1.165) is 52.9 Å². The number of hydrogen-bond acceptors (Lipinski definition) is 3. The number of carbonyl (C=O) groups excluding carboxylic acids is 2. The molecule has 2 heterocycles. The van der Waals surface area contributed by atoms with Crippen LogP contribution in [0.5, 0.6) is 0 Å². The standard InChI is InChI=1S/C30H36N2O2S/c1-5-18(2)32-28(33)27(35-29(32)34)14-24-10-19(3)31(20(24)4)26-8-6-25(7-9-26)30-15-21-11-22(16-30)13-23(12-21)17-30/h6-10,14,18,21-23H,5,11-13,15-17H2,1-4H3/b27-14+/t18-,21?,22?,23?,30?/m1/s1. The fourth-order valence-electron chi connectivity index (χ4n) is 7.94. The summed E-state index contributed by atoms with van der Waals surface area (Å²) >= 11 is 1.06. The van der Waals surface area contributed by atoms with Gasteiger partial charge in [-0.15, -0.1) is 0 Å². The van der Waals surface area contributed by atoms with Crippen molar-refractivity contribution in [1.82, 2.24) is 9.47 Å². The quantitative estimate of drug-likeness (QED) is 0.412. The maximum absolute atomic E-state index is 12.9. The van der Waals surface area contributed by atoms with Gasteiger partial charge in [0.05, 0.1) is 4.91 Å². The molecule has 1 atom stereocenters. The monoisotopic (exact) mass is 488 g/mol. The second-order valence-electron chi connectivity index (χ2n) is 11.7. The molecule has 1 saturated heterocycles. The smallest absolute Gasteiger partial charge is 0.293 e. The molecule has 0 spiro atoms. The van der Waals surface area contributed by atoms with Crippen molar-refractivity contribution in [2.24, 2.45) is 17.8 Å². The number of thioether (sulfide) groups is 1. The number of carbonyl (C=O) groups is 2. The Kier molecular flexibility index (Phi) is 5.55. The molecule has 5 aliphatic rings. The molecule has 0 unspecified atom stereocenters. The molecule has 1 aromatic carbocycles. The average Bonchev–Trinajstić information content (AvgIpc) is 3.26. The summed E-state index contributed by atoms with van der Waals surface area (Å²) in [5.74, 6) is 2.68. The Morgan fingerprint density at radius 1 is 1.03 bits per heavy atom. The minimum Gasteiger partial charge on any atom is -0.318 e. The van der Waals surface area contributed by atoms with Crippen molar-refractivity contribution in [2.75, 3.05) is 0 Å². The first-order chi connectivity index (χ1) is 16.8. The number of hydrogen-bond donors (Lipinski definition) is 0. The molecule has 4 bridgehead atoms. The fourth-order valence-corrected chi connectivity index (χ4v) is 8.86. The Hall–Kier alpha value is -2.27. The fraction of sp³-hybridized carbons (Fsp3) is 0.533. The van der Waals surface area contributed by atoms with E-state index in [1.807, 2.05) is 19.9 Å². The van der Waals surface area contributed by atoms with Gasteiger partial charge in [0.1, 0.15) is 0 Å². The Labute approximate surface area is 213 Å². The van der Waals surface area contributed by atoms with E-state index in [0.29, 0.717) is 10.3 Å². The maximum atomic E-state index is 12.9. The Morgan fingerprint density at radius 2 is 1.63 bits per heavy atom. The van der Waals surface area contributed by atoms with Crippen LogP contribution < -0.4 is 0 Å². The van der Waals surface area contributed by atoms with Crippen LogP contribution in [0.25, 0.3) is 11.8 Å². The van der Waals surface area contributed by atoms with E-state index in [-0.39, 0.29) is 17.2 Å². The largest absolute Gasteiger partial charge is 0.318 e. The normalized spacial score (nSPS) is 31.7. The summed E-state index contributed by atoms with van der Waals surface area (Å²) < 4.78 is 2.27. The third kappa shape index (κ3) is 3.73. The lowest BCUT2D eigenvalue weighted by Gasteiger charge is -2.57. The highest BCUT2D eigenvalue weighted by molar-refractivity contribution is 8.18. The first kappa shape index (κ1) is 23.1. The van der Waals surface area contributed by atoms with Crippen LogP contribution in [0.4, 0.5) is 4.79 Å². The highest BCUT2D eigenvalue weighted by Gasteiger charge is 2.51. The van der Waals surface area contributed by atoms with E-state index in [1.54, 1.807) is 5.56 Å². The molecular formula is C30H36N2O2S. The van der Waals surface area contributed by atoms with Crippen molar-refractivity contribution >= 4 is 29.0 Å². The average molecular weight is 489 g/mol. The minimum atomic E-state index is -0.168. The molecule has 2 aromatic rings. The highest BCUT2D eigenvalue weighted by atomic mass is 32.2. The van der Waals surface area contributed by atoms with Crippen LogP contribution in [0, 0.1) is 31.6 Å². The number of amides is 2. The maximum Gasteiger partial charge on any atom is 0.293 e. The van der Waals surface area contributed by atoms with Crippen molar-refractivity contribution < 1.29 is 9.59 Å². The zero-order valence-corrected chi connectivity index (χ0v) is 22.2. The Balaban J connectivity index is 1.28. The summed E-state index contributed by atoms with van der Waals surface area (Å²) in [6.07, 6.45) is 11.2. The second kappa shape index (κ2) is 8.40. The molecule has 184 valence electrons. The first-order valence-electron chi connectivity index (χ1n) is 13.3. The molecular weight excluding hydrogens is 452 g/mol. The second-order valence-corrected chi connectivity index (χ2v) is 12.7. The van der Waals surface area contributed by atoms with Crippen LogP contribution in [-0.2, 0) is 10.2 Å². The van der Waals surface area contributed by atoms with Gasteiger partial charge in [-0.25, -0.2) is 0 Å². The molecule has 7 rings (SSSR count). The van der Waals surface area contributed by atoms with Gasteiger partial charge in [0.25, 0.3) is 11.1 Å². The first-order valence-corrected chi connectivity index (χ1v) is 14.2. The van der Waals surface area contributed by atoms with Crippen LogP contribution in [0.15, 0.2) is 35.2 Å². The molecule has 5 heteroatoms. The van der Waals surface area contributed by atoms with E-state index in [4.69, 9.17) is 0 Å². The lowest BCUT2D eigenvalue weighted by molar-refractivity contribution is -0.124. The molecule has 1 aromatic heterocycles. The summed E-state index contributed by atoms with van der Waals surface area (Å²) in [5.41, 5.74) is 6.36. The van der Waals surface area contributed by atoms with E-state index in [9.17, 15) is 9.59 Å². The van der Waals surface area contributed by atoms with Crippen LogP contribution in [0.3, 0.4) is 0 Å². The van der Waals surface area contributed by atoms with E-state index in [2.05, 4.69) is 48.7 Å². The number of aromatic nitrogens is 1. The van der Waals surface area contributed by atoms with Crippen LogP contribution >= 0.6 is 11.8 Å². The summed E-state index contributed by atoms with van der Waals surface area (Å²) in [7, 11) is 0. The molecule has 1 aliphatic heterocycles. The van der Waals surface area contributed by atoms with Gasteiger partial charge in [-0.1, -0.05) is 19.1 Å². The molecule has 35 heavy (non-hydrogen) atoms.